The molecule has 0 bridgehead atoms. The number of amides is 1. The van der Waals surface area contributed by atoms with Crippen LogP contribution in [0.5, 0.6) is 5.75 Å². The minimum atomic E-state index is -1.10. The molecule has 7 heteroatoms. The van der Waals surface area contributed by atoms with Gasteiger partial charge in [0, 0.05) is 11.4 Å². The van der Waals surface area contributed by atoms with Gasteiger partial charge in [0.15, 0.2) is 12.7 Å². The molecule has 0 saturated heterocycles. The number of anilines is 3. The van der Waals surface area contributed by atoms with Crippen LogP contribution in [0, 0.1) is 5.82 Å². The van der Waals surface area contributed by atoms with E-state index in [1.165, 1.54) is 25.1 Å². The van der Waals surface area contributed by atoms with E-state index in [1.807, 2.05) is 42.5 Å². The molecular formula is C23H21FN2O4. The highest BCUT2D eigenvalue weighted by atomic mass is 19.1. The van der Waals surface area contributed by atoms with Gasteiger partial charge in [-0.25, -0.2) is 9.18 Å². The van der Waals surface area contributed by atoms with Crippen molar-refractivity contribution < 1.29 is 23.5 Å². The summed E-state index contributed by atoms with van der Waals surface area (Å²) < 4.78 is 24.0. The first-order valence-electron chi connectivity index (χ1n) is 9.31. The van der Waals surface area contributed by atoms with E-state index in [4.69, 9.17) is 9.47 Å². The Morgan fingerprint density at radius 1 is 0.900 bits per heavy atom. The molecule has 154 valence electrons. The number of para-hydroxylation sites is 2. The van der Waals surface area contributed by atoms with E-state index in [-0.39, 0.29) is 12.3 Å². The van der Waals surface area contributed by atoms with Crippen molar-refractivity contribution in [1.29, 1.82) is 0 Å². The Bertz CT molecular complexity index is 994. The zero-order valence-corrected chi connectivity index (χ0v) is 16.3. The van der Waals surface area contributed by atoms with Crippen LogP contribution in [-0.2, 0) is 14.3 Å². The summed E-state index contributed by atoms with van der Waals surface area (Å²) in [6.07, 6.45) is -1.10. The minimum Gasteiger partial charge on any atom is -0.482 e. The van der Waals surface area contributed by atoms with Gasteiger partial charge in [-0.05, 0) is 55.5 Å². The van der Waals surface area contributed by atoms with Crippen molar-refractivity contribution in [3.8, 4) is 5.75 Å². The summed E-state index contributed by atoms with van der Waals surface area (Å²) in [6.45, 7) is 1.04. The Kier molecular flexibility index (Phi) is 7.00. The molecule has 3 aromatic rings. The van der Waals surface area contributed by atoms with Crippen molar-refractivity contribution in [2.75, 3.05) is 17.2 Å². The van der Waals surface area contributed by atoms with Crippen molar-refractivity contribution in [3.05, 3.63) is 84.7 Å². The summed E-state index contributed by atoms with van der Waals surface area (Å²) in [5.74, 6) is -1.44. The Balaban J connectivity index is 1.44. The number of carbonyl (C=O) groups is 2. The average Bonchev–Trinajstić information content (AvgIpc) is 2.75. The molecular weight excluding hydrogens is 387 g/mol. The first kappa shape index (κ1) is 20.9. The highest BCUT2D eigenvalue weighted by Gasteiger charge is 2.19. The third-order valence-corrected chi connectivity index (χ3v) is 4.08. The van der Waals surface area contributed by atoms with E-state index in [1.54, 1.807) is 18.2 Å². The number of halogens is 1. The Hall–Kier alpha value is -3.87. The quantitative estimate of drug-likeness (QED) is 0.536. The molecule has 0 aliphatic carbocycles. The van der Waals surface area contributed by atoms with Crippen molar-refractivity contribution in [2.24, 2.45) is 0 Å². The molecule has 0 radical (unpaired) electrons. The fourth-order valence-corrected chi connectivity index (χ4v) is 2.55. The molecule has 0 fully saturated rings. The van der Waals surface area contributed by atoms with Crippen LogP contribution < -0.4 is 15.4 Å². The molecule has 3 rings (SSSR count). The lowest BCUT2D eigenvalue weighted by molar-refractivity contribution is -0.155. The lowest BCUT2D eigenvalue weighted by Gasteiger charge is -2.14. The van der Waals surface area contributed by atoms with Gasteiger partial charge in [0.1, 0.15) is 11.6 Å². The van der Waals surface area contributed by atoms with Crippen molar-refractivity contribution >= 4 is 28.9 Å². The number of hydrogen-bond acceptors (Lipinski definition) is 5. The second-order valence-electron chi connectivity index (χ2n) is 6.41. The number of hydrogen-bond donors (Lipinski definition) is 2. The van der Waals surface area contributed by atoms with Gasteiger partial charge in [0.25, 0.3) is 5.91 Å². The molecule has 0 unspecified atom stereocenters. The molecule has 0 saturated carbocycles. The van der Waals surface area contributed by atoms with Gasteiger partial charge in [-0.3, -0.25) is 4.79 Å². The first-order chi connectivity index (χ1) is 14.5. The maximum absolute atomic E-state index is 13.6. The molecule has 1 atom stereocenters. The van der Waals surface area contributed by atoms with Gasteiger partial charge >= 0.3 is 5.97 Å². The molecule has 0 aromatic heterocycles. The Morgan fingerprint density at radius 2 is 1.53 bits per heavy atom. The van der Waals surface area contributed by atoms with Crippen LogP contribution >= 0.6 is 0 Å². The molecule has 30 heavy (non-hydrogen) atoms. The van der Waals surface area contributed by atoms with E-state index in [2.05, 4.69) is 10.6 Å². The normalized spacial score (nSPS) is 11.3. The van der Waals surface area contributed by atoms with Gasteiger partial charge < -0.3 is 20.1 Å². The SMILES string of the molecule is C[C@@H](OC(=O)COc1ccc(Nc2ccccc2)cc1)C(=O)Nc1ccccc1F. The zero-order chi connectivity index (χ0) is 21.3. The molecule has 2 N–H and O–H groups in total. The highest BCUT2D eigenvalue weighted by molar-refractivity contribution is 5.95. The van der Waals surface area contributed by atoms with Crippen LogP contribution in [0.4, 0.5) is 21.5 Å². The second-order valence-corrected chi connectivity index (χ2v) is 6.41. The zero-order valence-electron chi connectivity index (χ0n) is 16.3. The summed E-state index contributed by atoms with van der Waals surface area (Å²) >= 11 is 0. The summed E-state index contributed by atoms with van der Waals surface area (Å²) in [6, 6.07) is 22.5. The first-order valence-corrected chi connectivity index (χ1v) is 9.31. The molecule has 3 aromatic carbocycles. The molecule has 6 nitrogen and oxygen atoms in total. The van der Waals surface area contributed by atoms with Crippen molar-refractivity contribution in [3.63, 3.8) is 0 Å². The van der Waals surface area contributed by atoms with E-state index >= 15 is 0 Å². The van der Waals surface area contributed by atoms with E-state index in [0.717, 1.165) is 11.4 Å². The number of carbonyl (C=O) groups excluding carboxylic acids is 2. The number of nitrogens with one attached hydrogen (secondary N) is 2. The lowest BCUT2D eigenvalue weighted by atomic mass is 10.2. The van der Waals surface area contributed by atoms with Crippen molar-refractivity contribution in [1.82, 2.24) is 0 Å². The predicted molar refractivity (Wildman–Crippen MR) is 112 cm³/mol. The largest absolute Gasteiger partial charge is 0.482 e. The summed E-state index contributed by atoms with van der Waals surface area (Å²) in [7, 11) is 0. The van der Waals surface area contributed by atoms with Gasteiger partial charge in [0.2, 0.25) is 0 Å². The summed E-state index contributed by atoms with van der Waals surface area (Å²) in [5.41, 5.74) is 1.85. The minimum absolute atomic E-state index is 0.0193. The van der Waals surface area contributed by atoms with Crippen LogP contribution in [-0.4, -0.2) is 24.6 Å². The molecule has 0 aliphatic rings. The van der Waals surface area contributed by atoms with Crippen LogP contribution in [0.2, 0.25) is 0 Å². The van der Waals surface area contributed by atoms with Crippen LogP contribution in [0.1, 0.15) is 6.92 Å². The predicted octanol–water partition coefficient (Wildman–Crippen LogP) is 4.52. The van der Waals surface area contributed by atoms with Crippen LogP contribution in [0.15, 0.2) is 78.9 Å². The summed E-state index contributed by atoms with van der Waals surface area (Å²) in [5, 5.41) is 5.62. The highest BCUT2D eigenvalue weighted by Crippen LogP contribution is 2.20. The second kappa shape index (κ2) is 10.1. The van der Waals surface area contributed by atoms with Gasteiger partial charge in [0.05, 0.1) is 5.69 Å². The van der Waals surface area contributed by atoms with E-state index < -0.39 is 23.8 Å². The number of esters is 1. The van der Waals surface area contributed by atoms with Crippen molar-refractivity contribution in [2.45, 2.75) is 13.0 Å². The number of benzene rings is 3. The fraction of sp³-hybridized carbons (Fsp3) is 0.130. The Morgan fingerprint density at radius 3 is 2.23 bits per heavy atom. The average molecular weight is 408 g/mol. The third kappa shape index (κ3) is 6.07. The number of rotatable bonds is 8. The molecule has 0 heterocycles. The van der Waals surface area contributed by atoms with Gasteiger partial charge in [-0.15, -0.1) is 0 Å². The standard InChI is InChI=1S/C23H21FN2O4/c1-16(23(28)26-21-10-6-5-9-20(21)24)30-22(27)15-29-19-13-11-18(12-14-19)25-17-7-3-2-4-8-17/h2-14,16,25H,15H2,1H3,(H,26,28)/t16-/m1/s1. The lowest BCUT2D eigenvalue weighted by Crippen LogP contribution is -2.31. The van der Waals surface area contributed by atoms with Crippen LogP contribution in [0.25, 0.3) is 0 Å². The topological polar surface area (TPSA) is 76.7 Å². The fourth-order valence-electron chi connectivity index (χ4n) is 2.55. The Labute approximate surface area is 173 Å². The molecule has 0 spiro atoms. The van der Waals surface area contributed by atoms with Gasteiger partial charge in [-0.1, -0.05) is 30.3 Å². The molecule has 1 amide bonds. The van der Waals surface area contributed by atoms with E-state index in [0.29, 0.717) is 5.75 Å². The molecule has 0 aliphatic heterocycles. The van der Waals surface area contributed by atoms with E-state index in [9.17, 15) is 14.0 Å². The van der Waals surface area contributed by atoms with Crippen LogP contribution in [0.3, 0.4) is 0 Å². The maximum atomic E-state index is 13.6. The van der Waals surface area contributed by atoms with Gasteiger partial charge in [-0.2, -0.15) is 0 Å². The third-order valence-electron chi connectivity index (χ3n) is 4.08. The summed E-state index contributed by atoms with van der Waals surface area (Å²) in [4.78, 5) is 24.0. The maximum Gasteiger partial charge on any atom is 0.344 e. The monoisotopic (exact) mass is 408 g/mol. The smallest absolute Gasteiger partial charge is 0.344 e. The number of ether oxygens (including phenoxy) is 2.